The van der Waals surface area contributed by atoms with E-state index in [0.29, 0.717) is 19.0 Å². The van der Waals surface area contributed by atoms with Crippen LogP contribution in [0, 0.1) is 13.8 Å². The van der Waals surface area contributed by atoms with E-state index in [1.54, 1.807) is 13.2 Å². The molecule has 164 valence electrons. The van der Waals surface area contributed by atoms with E-state index in [1.807, 2.05) is 30.3 Å². The Morgan fingerprint density at radius 1 is 1.19 bits per heavy atom. The van der Waals surface area contributed by atoms with E-state index in [9.17, 15) is 0 Å². The SMILES string of the molecule is CN=C(NCc1ncc(-c2ccccc2)o1)N1CCOC(c2ccc(C)cc2C)C1.I. The number of hydrogen-bond acceptors (Lipinski definition) is 4. The predicted molar refractivity (Wildman–Crippen MR) is 134 cm³/mol. The summed E-state index contributed by atoms with van der Waals surface area (Å²) in [6.45, 7) is 6.94. The highest BCUT2D eigenvalue weighted by molar-refractivity contribution is 14.0. The number of aliphatic imine (C=N–C) groups is 1. The summed E-state index contributed by atoms with van der Waals surface area (Å²) in [4.78, 5) is 11.1. The monoisotopic (exact) mass is 532 g/mol. The number of oxazole rings is 1. The normalized spacial score (nSPS) is 16.7. The van der Waals surface area contributed by atoms with Crippen molar-refractivity contribution < 1.29 is 9.15 Å². The minimum Gasteiger partial charge on any atom is -0.439 e. The average Bonchev–Trinajstić information content (AvgIpc) is 3.24. The van der Waals surface area contributed by atoms with Crippen molar-refractivity contribution in [1.29, 1.82) is 0 Å². The van der Waals surface area contributed by atoms with Crippen LogP contribution in [0.1, 0.15) is 28.7 Å². The van der Waals surface area contributed by atoms with Gasteiger partial charge in [0, 0.05) is 19.2 Å². The molecule has 31 heavy (non-hydrogen) atoms. The van der Waals surface area contributed by atoms with E-state index in [0.717, 1.165) is 30.4 Å². The van der Waals surface area contributed by atoms with Crippen molar-refractivity contribution in [3.63, 3.8) is 0 Å². The summed E-state index contributed by atoms with van der Waals surface area (Å²) >= 11 is 0. The first-order valence-corrected chi connectivity index (χ1v) is 10.3. The van der Waals surface area contributed by atoms with Gasteiger partial charge in [0.15, 0.2) is 11.7 Å². The molecule has 2 aromatic carbocycles. The number of halogens is 1. The van der Waals surface area contributed by atoms with Gasteiger partial charge in [-0.3, -0.25) is 4.99 Å². The maximum Gasteiger partial charge on any atom is 0.214 e. The number of rotatable bonds is 4. The molecule has 4 rings (SSSR count). The number of aryl methyl sites for hydroxylation is 2. The molecule has 1 aromatic heterocycles. The van der Waals surface area contributed by atoms with Crippen molar-refractivity contribution in [2.75, 3.05) is 26.7 Å². The molecular formula is C24H29IN4O2. The summed E-state index contributed by atoms with van der Waals surface area (Å²) < 4.78 is 12.0. The lowest BCUT2D eigenvalue weighted by molar-refractivity contribution is -0.00837. The van der Waals surface area contributed by atoms with Crippen LogP contribution in [-0.2, 0) is 11.3 Å². The number of guanidine groups is 1. The first-order chi connectivity index (χ1) is 14.6. The van der Waals surface area contributed by atoms with Crippen LogP contribution in [0.4, 0.5) is 0 Å². The molecule has 1 fully saturated rings. The quantitative estimate of drug-likeness (QED) is 0.299. The van der Waals surface area contributed by atoms with E-state index in [-0.39, 0.29) is 30.1 Å². The fourth-order valence-electron chi connectivity index (χ4n) is 3.83. The van der Waals surface area contributed by atoms with Gasteiger partial charge in [-0.15, -0.1) is 24.0 Å². The largest absolute Gasteiger partial charge is 0.439 e. The number of benzene rings is 2. The number of hydrogen-bond donors (Lipinski definition) is 1. The summed E-state index contributed by atoms with van der Waals surface area (Å²) in [5.41, 5.74) is 4.78. The van der Waals surface area contributed by atoms with Crippen LogP contribution in [0.25, 0.3) is 11.3 Å². The van der Waals surface area contributed by atoms with Crippen LogP contribution in [0.3, 0.4) is 0 Å². The number of nitrogens with one attached hydrogen (secondary N) is 1. The molecule has 0 saturated carbocycles. The van der Waals surface area contributed by atoms with Crippen LogP contribution in [0.15, 0.2) is 64.1 Å². The van der Waals surface area contributed by atoms with E-state index >= 15 is 0 Å². The van der Waals surface area contributed by atoms with Gasteiger partial charge in [-0.2, -0.15) is 0 Å². The van der Waals surface area contributed by atoms with E-state index in [1.165, 1.54) is 16.7 Å². The molecule has 1 N–H and O–H groups in total. The van der Waals surface area contributed by atoms with E-state index in [4.69, 9.17) is 9.15 Å². The maximum atomic E-state index is 6.07. The Hall–Kier alpha value is -2.39. The second-order valence-corrected chi connectivity index (χ2v) is 7.55. The third-order valence-corrected chi connectivity index (χ3v) is 5.36. The molecule has 1 atom stereocenters. The summed E-state index contributed by atoms with van der Waals surface area (Å²) in [5, 5.41) is 3.38. The number of ether oxygens (including phenoxy) is 1. The van der Waals surface area contributed by atoms with Gasteiger partial charge in [0.05, 0.1) is 25.9 Å². The third-order valence-electron chi connectivity index (χ3n) is 5.36. The molecule has 1 unspecified atom stereocenters. The van der Waals surface area contributed by atoms with Crippen LogP contribution in [-0.4, -0.2) is 42.6 Å². The molecule has 0 radical (unpaired) electrons. The second kappa shape index (κ2) is 10.8. The smallest absolute Gasteiger partial charge is 0.214 e. The van der Waals surface area contributed by atoms with Crippen molar-refractivity contribution in [3.8, 4) is 11.3 Å². The molecular weight excluding hydrogens is 503 g/mol. The van der Waals surface area contributed by atoms with Gasteiger partial charge in [0.2, 0.25) is 5.89 Å². The van der Waals surface area contributed by atoms with Crippen LogP contribution in [0.5, 0.6) is 0 Å². The highest BCUT2D eigenvalue weighted by Gasteiger charge is 2.25. The molecule has 2 heterocycles. The molecule has 0 spiro atoms. The molecule has 0 bridgehead atoms. The molecule has 6 nitrogen and oxygen atoms in total. The summed E-state index contributed by atoms with van der Waals surface area (Å²) in [6.07, 6.45) is 1.80. The fourth-order valence-corrected chi connectivity index (χ4v) is 3.83. The molecule has 1 aliphatic rings. The Labute approximate surface area is 200 Å². The minimum absolute atomic E-state index is 0. The highest BCUT2D eigenvalue weighted by Crippen LogP contribution is 2.26. The average molecular weight is 532 g/mol. The van der Waals surface area contributed by atoms with Gasteiger partial charge in [0.25, 0.3) is 0 Å². The molecule has 7 heteroatoms. The Kier molecular flexibility index (Phi) is 8.09. The first kappa shape index (κ1) is 23.3. The van der Waals surface area contributed by atoms with Gasteiger partial charge >= 0.3 is 0 Å². The summed E-state index contributed by atoms with van der Waals surface area (Å²) in [7, 11) is 1.80. The summed E-state index contributed by atoms with van der Waals surface area (Å²) in [5.74, 6) is 2.23. The molecule has 3 aromatic rings. The zero-order chi connectivity index (χ0) is 20.9. The first-order valence-electron chi connectivity index (χ1n) is 10.3. The highest BCUT2D eigenvalue weighted by atomic mass is 127. The van der Waals surface area contributed by atoms with Crippen molar-refractivity contribution in [1.82, 2.24) is 15.2 Å². The topological polar surface area (TPSA) is 62.9 Å². The molecule has 0 aliphatic carbocycles. The van der Waals surface area contributed by atoms with Crippen LogP contribution < -0.4 is 5.32 Å². The number of aromatic nitrogens is 1. The maximum absolute atomic E-state index is 6.07. The molecule has 1 aliphatic heterocycles. The number of nitrogens with zero attached hydrogens (tertiary/aromatic N) is 3. The van der Waals surface area contributed by atoms with Crippen molar-refractivity contribution in [3.05, 3.63) is 77.3 Å². The van der Waals surface area contributed by atoms with Crippen molar-refractivity contribution >= 4 is 29.9 Å². The zero-order valence-electron chi connectivity index (χ0n) is 18.2. The molecule has 1 saturated heterocycles. The lowest BCUT2D eigenvalue weighted by Crippen LogP contribution is -2.48. The van der Waals surface area contributed by atoms with Gasteiger partial charge in [-0.25, -0.2) is 4.98 Å². The fraction of sp³-hybridized carbons (Fsp3) is 0.333. The van der Waals surface area contributed by atoms with Gasteiger partial charge in [-0.1, -0.05) is 54.1 Å². The van der Waals surface area contributed by atoms with E-state index in [2.05, 4.69) is 52.2 Å². The number of morpholine rings is 1. The summed E-state index contributed by atoms with van der Waals surface area (Å²) in [6, 6.07) is 16.5. The zero-order valence-corrected chi connectivity index (χ0v) is 20.5. The van der Waals surface area contributed by atoms with E-state index < -0.39 is 0 Å². The van der Waals surface area contributed by atoms with Gasteiger partial charge in [-0.05, 0) is 25.0 Å². The van der Waals surface area contributed by atoms with Crippen molar-refractivity contribution in [2.24, 2.45) is 4.99 Å². The van der Waals surface area contributed by atoms with Crippen LogP contribution in [0.2, 0.25) is 0 Å². The Bertz CT molecular complexity index is 1020. The minimum atomic E-state index is 0. The van der Waals surface area contributed by atoms with Gasteiger partial charge in [0.1, 0.15) is 6.10 Å². The lowest BCUT2D eigenvalue weighted by atomic mass is 10.00. The standard InChI is InChI=1S/C24H28N4O2.HI/c1-17-9-10-20(18(2)13-17)22-16-28(11-12-29-22)24(25-3)27-15-23-26-14-21(30-23)19-7-5-4-6-8-19;/h4-10,13-14,22H,11-12,15-16H2,1-3H3,(H,25,27);1H. The predicted octanol–water partition coefficient (Wildman–Crippen LogP) is 4.73. The van der Waals surface area contributed by atoms with Gasteiger partial charge < -0.3 is 19.4 Å². The Balaban J connectivity index is 0.00000272. The van der Waals surface area contributed by atoms with Crippen LogP contribution >= 0.6 is 24.0 Å². The molecule has 0 amide bonds. The Morgan fingerprint density at radius 3 is 2.74 bits per heavy atom. The van der Waals surface area contributed by atoms with Crippen molar-refractivity contribution in [2.45, 2.75) is 26.5 Å². The third kappa shape index (κ3) is 5.65. The lowest BCUT2D eigenvalue weighted by Gasteiger charge is -2.35. The second-order valence-electron chi connectivity index (χ2n) is 7.55. The Morgan fingerprint density at radius 2 is 2.00 bits per heavy atom.